The predicted octanol–water partition coefficient (Wildman–Crippen LogP) is 2.81. The number of hydrogen-bond acceptors (Lipinski definition) is 4. The highest BCUT2D eigenvalue weighted by atomic mass is 32.2. The summed E-state index contributed by atoms with van der Waals surface area (Å²) in [4.78, 5) is 11.7. The number of sulfone groups is 1. The topological polar surface area (TPSA) is 63.2 Å². The van der Waals surface area contributed by atoms with Crippen LogP contribution >= 0.6 is 0 Å². The first-order chi connectivity index (χ1) is 9.38. The fraction of sp³-hybridized carbons (Fsp3) is 0.400. The van der Waals surface area contributed by atoms with Gasteiger partial charge in [0.25, 0.3) is 0 Å². The first-order valence-corrected chi connectivity index (χ1v) is 8.53. The van der Waals surface area contributed by atoms with E-state index < -0.39 is 9.84 Å². The fourth-order valence-corrected chi connectivity index (χ4v) is 3.16. The molecule has 0 aromatic heterocycles. The molecule has 2 rings (SSSR count). The lowest BCUT2D eigenvalue weighted by Gasteiger charge is -2.22. The zero-order chi connectivity index (χ0) is 14.8. The average molecular weight is 293 g/mol. The van der Waals surface area contributed by atoms with Crippen molar-refractivity contribution >= 4 is 21.3 Å². The van der Waals surface area contributed by atoms with Crippen LogP contribution in [0.1, 0.15) is 36.5 Å². The summed E-state index contributed by atoms with van der Waals surface area (Å²) in [5.74, 6) is -0.0726. The number of allylic oxidation sites excluding steroid dienone is 1. The maximum absolute atomic E-state index is 11.8. The fourth-order valence-electron chi connectivity index (χ4n) is 2.33. The van der Waals surface area contributed by atoms with Crippen LogP contribution in [0.2, 0.25) is 0 Å². The average Bonchev–Trinajstić information content (AvgIpc) is 2.38. The van der Waals surface area contributed by atoms with Crippen LogP contribution in [0.25, 0.3) is 0 Å². The number of Topliss-reactive ketones (excluding diaryl/α,β-unsaturated/α-hetero) is 1. The van der Waals surface area contributed by atoms with Crippen LogP contribution in [0.15, 0.2) is 35.2 Å². The summed E-state index contributed by atoms with van der Waals surface area (Å²) in [6, 6.07) is 4.91. The van der Waals surface area contributed by atoms with E-state index in [9.17, 15) is 13.2 Å². The molecule has 1 aromatic carbocycles. The Labute approximate surface area is 119 Å². The third-order valence-electron chi connectivity index (χ3n) is 3.41. The summed E-state index contributed by atoms with van der Waals surface area (Å²) in [6.07, 6.45) is 8.22. The zero-order valence-electron chi connectivity index (χ0n) is 11.7. The van der Waals surface area contributed by atoms with Crippen molar-refractivity contribution < 1.29 is 13.2 Å². The van der Waals surface area contributed by atoms with Crippen molar-refractivity contribution in [3.8, 4) is 0 Å². The van der Waals surface area contributed by atoms with Gasteiger partial charge in [-0.05, 0) is 44.4 Å². The molecule has 108 valence electrons. The summed E-state index contributed by atoms with van der Waals surface area (Å²) < 4.78 is 23.7. The van der Waals surface area contributed by atoms with Gasteiger partial charge in [-0.15, -0.1) is 0 Å². The maximum Gasteiger partial charge on any atom is 0.177 e. The molecule has 4 nitrogen and oxygen atoms in total. The molecule has 0 radical (unpaired) electrons. The lowest BCUT2D eigenvalue weighted by Crippen LogP contribution is -2.22. The third-order valence-corrected chi connectivity index (χ3v) is 4.57. The maximum atomic E-state index is 11.8. The lowest BCUT2D eigenvalue weighted by molar-refractivity contribution is 0.101. The molecule has 0 bridgehead atoms. The van der Waals surface area contributed by atoms with Crippen LogP contribution in [-0.4, -0.2) is 26.5 Å². The highest BCUT2D eigenvalue weighted by molar-refractivity contribution is 7.90. The second kappa shape index (κ2) is 5.79. The largest absolute Gasteiger partial charge is 0.381 e. The third kappa shape index (κ3) is 3.48. The van der Waals surface area contributed by atoms with Crippen molar-refractivity contribution in [1.29, 1.82) is 0 Å². The van der Waals surface area contributed by atoms with E-state index in [0.29, 0.717) is 11.3 Å². The van der Waals surface area contributed by atoms with Gasteiger partial charge < -0.3 is 5.32 Å². The van der Waals surface area contributed by atoms with E-state index >= 15 is 0 Å². The SMILES string of the molecule is CC(=O)c1ccc(S(C)(=O)=O)c(NC2CC=CCC2)c1. The molecule has 20 heavy (non-hydrogen) atoms. The molecular weight excluding hydrogens is 274 g/mol. The molecule has 5 heteroatoms. The summed E-state index contributed by atoms with van der Waals surface area (Å²) in [6.45, 7) is 1.47. The minimum atomic E-state index is -3.32. The van der Waals surface area contributed by atoms with E-state index in [0.717, 1.165) is 19.3 Å². The highest BCUT2D eigenvalue weighted by Gasteiger charge is 2.18. The standard InChI is InChI=1S/C15H19NO3S/c1-11(17)12-8-9-15(20(2,18)19)14(10-12)16-13-6-4-3-5-7-13/h3-4,8-10,13,16H,5-7H2,1-2H3. The van der Waals surface area contributed by atoms with Crippen molar-refractivity contribution in [1.82, 2.24) is 0 Å². The summed E-state index contributed by atoms with van der Waals surface area (Å²) >= 11 is 0. The zero-order valence-corrected chi connectivity index (χ0v) is 12.5. The van der Waals surface area contributed by atoms with Crippen molar-refractivity contribution in [2.24, 2.45) is 0 Å². The molecule has 1 unspecified atom stereocenters. The lowest BCUT2D eigenvalue weighted by atomic mass is 10.0. The van der Waals surface area contributed by atoms with Gasteiger partial charge in [-0.3, -0.25) is 4.79 Å². The first kappa shape index (κ1) is 14.8. The second-order valence-corrected chi connectivity index (χ2v) is 7.15. The molecule has 0 aliphatic heterocycles. The predicted molar refractivity (Wildman–Crippen MR) is 80.0 cm³/mol. The van der Waals surface area contributed by atoms with Crippen LogP contribution in [0, 0.1) is 0 Å². The highest BCUT2D eigenvalue weighted by Crippen LogP contribution is 2.26. The molecule has 0 amide bonds. The number of benzene rings is 1. The van der Waals surface area contributed by atoms with Gasteiger partial charge in [-0.25, -0.2) is 8.42 Å². The van der Waals surface area contributed by atoms with E-state index in [-0.39, 0.29) is 16.7 Å². The Morgan fingerprint density at radius 1 is 1.30 bits per heavy atom. The van der Waals surface area contributed by atoms with Gasteiger partial charge in [0, 0.05) is 17.9 Å². The number of carbonyl (C=O) groups excluding carboxylic acids is 1. The van der Waals surface area contributed by atoms with E-state index in [1.54, 1.807) is 12.1 Å². The van der Waals surface area contributed by atoms with Gasteiger partial charge in [0.1, 0.15) is 0 Å². The number of ketones is 1. The Morgan fingerprint density at radius 3 is 2.60 bits per heavy atom. The van der Waals surface area contributed by atoms with Crippen LogP contribution < -0.4 is 5.32 Å². The minimum absolute atomic E-state index is 0.0726. The van der Waals surface area contributed by atoms with Gasteiger partial charge >= 0.3 is 0 Å². The minimum Gasteiger partial charge on any atom is -0.381 e. The van der Waals surface area contributed by atoms with Crippen LogP contribution in [0.4, 0.5) is 5.69 Å². The van der Waals surface area contributed by atoms with Crippen molar-refractivity contribution in [3.63, 3.8) is 0 Å². The second-order valence-electron chi connectivity index (χ2n) is 5.17. The van der Waals surface area contributed by atoms with Crippen LogP contribution in [-0.2, 0) is 9.84 Å². The molecule has 1 N–H and O–H groups in total. The summed E-state index contributed by atoms with van der Waals surface area (Å²) in [5, 5.41) is 3.27. The molecule has 0 spiro atoms. The van der Waals surface area contributed by atoms with E-state index in [1.807, 2.05) is 0 Å². The van der Waals surface area contributed by atoms with Gasteiger partial charge in [-0.2, -0.15) is 0 Å². The number of carbonyl (C=O) groups is 1. The molecule has 0 saturated heterocycles. The monoisotopic (exact) mass is 293 g/mol. The number of hydrogen-bond donors (Lipinski definition) is 1. The van der Waals surface area contributed by atoms with Crippen LogP contribution in [0.5, 0.6) is 0 Å². The molecule has 1 atom stereocenters. The number of rotatable bonds is 4. The normalized spacial score (nSPS) is 18.8. The number of anilines is 1. The summed E-state index contributed by atoms with van der Waals surface area (Å²) in [5.41, 5.74) is 1.05. The summed E-state index contributed by atoms with van der Waals surface area (Å²) in [7, 11) is -3.32. The number of nitrogens with one attached hydrogen (secondary N) is 1. The van der Waals surface area contributed by atoms with Crippen molar-refractivity contribution in [2.75, 3.05) is 11.6 Å². The van der Waals surface area contributed by atoms with E-state index in [4.69, 9.17) is 0 Å². The van der Waals surface area contributed by atoms with Gasteiger partial charge in [0.2, 0.25) is 0 Å². The molecule has 0 fully saturated rings. The Balaban J connectivity index is 2.38. The molecular formula is C15H19NO3S. The molecule has 1 aliphatic carbocycles. The Kier molecular flexibility index (Phi) is 4.28. The molecule has 1 aliphatic rings. The van der Waals surface area contributed by atoms with E-state index in [1.165, 1.54) is 19.2 Å². The molecule has 1 aromatic rings. The van der Waals surface area contributed by atoms with Crippen molar-refractivity contribution in [2.45, 2.75) is 37.1 Å². The van der Waals surface area contributed by atoms with Crippen LogP contribution in [0.3, 0.4) is 0 Å². The Morgan fingerprint density at radius 2 is 2.05 bits per heavy atom. The van der Waals surface area contributed by atoms with E-state index in [2.05, 4.69) is 17.5 Å². The first-order valence-electron chi connectivity index (χ1n) is 6.64. The Bertz CT molecular complexity index is 647. The van der Waals surface area contributed by atoms with Gasteiger partial charge in [0.05, 0.1) is 10.6 Å². The smallest absolute Gasteiger partial charge is 0.177 e. The quantitative estimate of drug-likeness (QED) is 0.685. The molecule has 0 heterocycles. The van der Waals surface area contributed by atoms with Gasteiger partial charge in [-0.1, -0.05) is 12.2 Å². The molecule has 0 saturated carbocycles. The van der Waals surface area contributed by atoms with Gasteiger partial charge in [0.15, 0.2) is 15.6 Å². The Hall–Kier alpha value is -1.62. The van der Waals surface area contributed by atoms with Crippen molar-refractivity contribution in [3.05, 3.63) is 35.9 Å².